The Morgan fingerprint density at radius 2 is 2.04 bits per heavy atom. The van der Waals surface area contributed by atoms with Gasteiger partial charge in [0.2, 0.25) is 5.91 Å². The molecular weight excluding hydrogens is 304 g/mol. The lowest BCUT2D eigenvalue weighted by molar-refractivity contribution is -0.141. The lowest BCUT2D eigenvalue weighted by Gasteiger charge is -2.36. The van der Waals surface area contributed by atoms with E-state index in [9.17, 15) is 9.90 Å². The Hall–Kier alpha value is -2.47. The van der Waals surface area contributed by atoms with Crippen LogP contribution >= 0.6 is 0 Å². The largest absolute Gasteiger partial charge is 0.389 e. The summed E-state index contributed by atoms with van der Waals surface area (Å²) in [5.41, 5.74) is 4.84. The van der Waals surface area contributed by atoms with Crippen LogP contribution in [0.3, 0.4) is 0 Å². The van der Waals surface area contributed by atoms with E-state index in [0.29, 0.717) is 25.9 Å². The molecule has 0 atom stereocenters. The van der Waals surface area contributed by atoms with Gasteiger partial charge in [-0.1, -0.05) is 12.1 Å². The van der Waals surface area contributed by atoms with Gasteiger partial charge in [0.15, 0.2) is 5.65 Å². The van der Waals surface area contributed by atoms with Crippen LogP contribution in [-0.4, -0.2) is 49.7 Å². The van der Waals surface area contributed by atoms with E-state index >= 15 is 0 Å². The number of β-amino-alcohol motifs (C(OH)–C–C–N with tert-alkyl or cyclic N) is 1. The predicted molar refractivity (Wildman–Crippen MR) is 90.9 cm³/mol. The van der Waals surface area contributed by atoms with Crippen LogP contribution in [0.1, 0.15) is 23.4 Å². The molecule has 1 saturated heterocycles. The van der Waals surface area contributed by atoms with Gasteiger partial charge in [-0.25, -0.2) is 9.50 Å². The Labute approximate surface area is 139 Å². The second kappa shape index (κ2) is 5.56. The molecule has 1 aliphatic rings. The third-order valence-corrected chi connectivity index (χ3v) is 4.82. The average molecular weight is 324 g/mol. The molecule has 3 aromatic rings. The summed E-state index contributed by atoms with van der Waals surface area (Å²) in [5.74, 6) is 0.0878. The highest BCUT2D eigenvalue weighted by Gasteiger charge is 2.28. The highest BCUT2D eigenvalue weighted by Crippen LogP contribution is 2.23. The van der Waals surface area contributed by atoms with Gasteiger partial charge >= 0.3 is 0 Å². The number of benzene rings is 1. The molecule has 124 valence electrons. The molecule has 1 fully saturated rings. The van der Waals surface area contributed by atoms with Gasteiger partial charge in [-0.05, 0) is 38.0 Å². The van der Waals surface area contributed by atoms with E-state index in [-0.39, 0.29) is 12.0 Å². The summed E-state index contributed by atoms with van der Waals surface area (Å²) >= 11 is 0. The van der Waals surface area contributed by atoms with Crippen molar-refractivity contribution in [3.8, 4) is 0 Å². The molecule has 1 N–H and O–H groups in total. The number of nitrogens with zero attached hydrogens (tertiary/aromatic N) is 4. The smallest absolute Gasteiger partial charge is 0.223 e. The molecule has 1 aromatic carbocycles. The van der Waals surface area contributed by atoms with Crippen LogP contribution in [0, 0.1) is 13.8 Å². The number of carbonyl (C=O) groups excluding carboxylic acids is 1. The number of rotatable bonds is 3. The van der Waals surface area contributed by atoms with Crippen molar-refractivity contribution in [2.24, 2.45) is 0 Å². The lowest BCUT2D eigenvalue weighted by Crippen LogP contribution is -2.53. The predicted octanol–water partition coefficient (Wildman–Crippen LogP) is 1.64. The van der Waals surface area contributed by atoms with Crippen molar-refractivity contribution in [3.63, 3.8) is 0 Å². The topological polar surface area (TPSA) is 70.7 Å². The molecule has 6 nitrogen and oxygen atoms in total. The first-order chi connectivity index (χ1) is 11.5. The number of aliphatic hydroxyl groups excluding tert-OH is 1. The molecule has 0 radical (unpaired) electrons. The number of carbonyl (C=O) groups is 1. The summed E-state index contributed by atoms with van der Waals surface area (Å²) < 4.78 is 1.88. The van der Waals surface area contributed by atoms with E-state index in [1.807, 2.05) is 42.6 Å². The van der Waals surface area contributed by atoms with Crippen molar-refractivity contribution >= 4 is 22.5 Å². The van der Waals surface area contributed by atoms with Crippen LogP contribution in [0.15, 0.2) is 24.3 Å². The SMILES string of the molecule is Cc1nc2c3ccccc3nn2c(C)c1CCC(=O)N1CC(O)C1. The Balaban J connectivity index is 1.65. The van der Waals surface area contributed by atoms with Gasteiger partial charge < -0.3 is 10.0 Å². The van der Waals surface area contributed by atoms with E-state index in [0.717, 1.165) is 33.5 Å². The van der Waals surface area contributed by atoms with Gasteiger partial charge in [0.25, 0.3) is 0 Å². The molecule has 0 bridgehead atoms. The zero-order valence-corrected chi connectivity index (χ0v) is 13.9. The third kappa shape index (κ3) is 2.34. The van der Waals surface area contributed by atoms with Crippen molar-refractivity contribution in [2.45, 2.75) is 32.8 Å². The number of hydrogen-bond donors (Lipinski definition) is 1. The molecule has 3 heterocycles. The maximum absolute atomic E-state index is 12.1. The first-order valence-corrected chi connectivity index (χ1v) is 8.24. The molecule has 1 aliphatic heterocycles. The molecule has 24 heavy (non-hydrogen) atoms. The quantitative estimate of drug-likeness (QED) is 0.795. The molecule has 0 aliphatic carbocycles. The Morgan fingerprint density at radius 1 is 1.29 bits per heavy atom. The van der Waals surface area contributed by atoms with Gasteiger partial charge in [-0.3, -0.25) is 4.79 Å². The summed E-state index contributed by atoms with van der Waals surface area (Å²) in [5, 5.41) is 15.0. The minimum absolute atomic E-state index is 0.0878. The Morgan fingerprint density at radius 3 is 2.79 bits per heavy atom. The van der Waals surface area contributed by atoms with Crippen molar-refractivity contribution in [1.82, 2.24) is 19.5 Å². The summed E-state index contributed by atoms with van der Waals surface area (Å²) in [4.78, 5) is 18.6. The molecule has 1 amide bonds. The fraction of sp³-hybridized carbons (Fsp3) is 0.389. The number of amides is 1. The van der Waals surface area contributed by atoms with Crippen LogP contribution in [0.5, 0.6) is 0 Å². The fourth-order valence-corrected chi connectivity index (χ4v) is 3.39. The maximum atomic E-state index is 12.1. The maximum Gasteiger partial charge on any atom is 0.223 e. The second-order valence-electron chi connectivity index (χ2n) is 6.47. The number of hydrogen-bond acceptors (Lipinski definition) is 4. The minimum atomic E-state index is -0.355. The number of aliphatic hydroxyl groups is 1. The molecule has 0 saturated carbocycles. The third-order valence-electron chi connectivity index (χ3n) is 4.82. The van der Waals surface area contributed by atoms with Crippen molar-refractivity contribution in [2.75, 3.05) is 13.1 Å². The van der Waals surface area contributed by atoms with E-state index in [2.05, 4.69) is 5.10 Å². The van der Waals surface area contributed by atoms with Crippen LogP contribution in [-0.2, 0) is 11.2 Å². The molecular formula is C18H20N4O2. The monoisotopic (exact) mass is 324 g/mol. The molecule has 6 heteroatoms. The minimum Gasteiger partial charge on any atom is -0.389 e. The van der Waals surface area contributed by atoms with Crippen LogP contribution in [0.2, 0.25) is 0 Å². The van der Waals surface area contributed by atoms with Gasteiger partial charge in [0, 0.05) is 36.3 Å². The first kappa shape index (κ1) is 15.1. The van der Waals surface area contributed by atoms with Gasteiger partial charge in [0.1, 0.15) is 0 Å². The summed E-state index contributed by atoms with van der Waals surface area (Å²) in [6, 6.07) is 7.97. The fourth-order valence-electron chi connectivity index (χ4n) is 3.39. The van der Waals surface area contributed by atoms with Crippen molar-refractivity contribution in [1.29, 1.82) is 0 Å². The highest BCUT2D eigenvalue weighted by molar-refractivity contribution is 5.92. The van der Waals surface area contributed by atoms with E-state index in [1.54, 1.807) is 4.90 Å². The average Bonchev–Trinajstić information content (AvgIpc) is 2.90. The summed E-state index contributed by atoms with van der Waals surface area (Å²) in [6.45, 7) is 4.93. The van der Waals surface area contributed by atoms with E-state index in [4.69, 9.17) is 4.98 Å². The highest BCUT2D eigenvalue weighted by atomic mass is 16.3. The summed E-state index contributed by atoms with van der Waals surface area (Å²) in [7, 11) is 0. The number of fused-ring (bicyclic) bond motifs is 3. The number of likely N-dealkylation sites (tertiary alicyclic amines) is 1. The van der Waals surface area contributed by atoms with Gasteiger partial charge in [-0.15, -0.1) is 0 Å². The number of aromatic nitrogens is 3. The lowest BCUT2D eigenvalue weighted by atomic mass is 10.0. The van der Waals surface area contributed by atoms with Crippen molar-refractivity contribution in [3.05, 3.63) is 41.2 Å². The standard InChI is InChI=1S/C18H20N4O2/c1-11-14(7-8-17(24)21-9-13(23)10-21)12(2)22-18(19-11)15-5-3-4-6-16(15)20-22/h3-6,13,23H,7-10H2,1-2H3. The van der Waals surface area contributed by atoms with E-state index in [1.165, 1.54) is 0 Å². The van der Waals surface area contributed by atoms with Crippen molar-refractivity contribution < 1.29 is 9.90 Å². The molecule has 0 unspecified atom stereocenters. The Kier molecular flexibility index (Phi) is 3.49. The normalized spacial score (nSPS) is 15.2. The molecule has 4 rings (SSSR count). The Bertz CT molecular complexity index is 941. The van der Waals surface area contributed by atoms with Crippen LogP contribution in [0.25, 0.3) is 16.6 Å². The van der Waals surface area contributed by atoms with Crippen LogP contribution in [0.4, 0.5) is 0 Å². The zero-order valence-electron chi connectivity index (χ0n) is 13.9. The van der Waals surface area contributed by atoms with E-state index < -0.39 is 0 Å². The van der Waals surface area contributed by atoms with Gasteiger partial charge in [0.05, 0.1) is 11.6 Å². The van der Waals surface area contributed by atoms with Gasteiger partial charge in [-0.2, -0.15) is 5.10 Å². The number of aryl methyl sites for hydroxylation is 2. The second-order valence-corrected chi connectivity index (χ2v) is 6.47. The molecule has 2 aromatic heterocycles. The zero-order chi connectivity index (χ0) is 16.8. The van der Waals surface area contributed by atoms with Crippen LogP contribution < -0.4 is 0 Å². The summed E-state index contributed by atoms with van der Waals surface area (Å²) in [6.07, 6.45) is 0.719. The molecule has 0 spiro atoms. The first-order valence-electron chi connectivity index (χ1n) is 8.24.